The van der Waals surface area contributed by atoms with Gasteiger partial charge in [-0.25, -0.2) is 4.98 Å². The molecule has 150 valence electrons. The van der Waals surface area contributed by atoms with Gasteiger partial charge < -0.3 is 15.2 Å². The predicted molar refractivity (Wildman–Crippen MR) is 110 cm³/mol. The van der Waals surface area contributed by atoms with Crippen LogP contribution >= 0.6 is 23.7 Å². The van der Waals surface area contributed by atoms with Gasteiger partial charge in [0.1, 0.15) is 10.7 Å². The number of thiophene rings is 1. The number of aromatic amines is 1. The number of hydrogen-bond donors (Lipinski definition) is 2. The van der Waals surface area contributed by atoms with Crippen LogP contribution in [-0.4, -0.2) is 20.1 Å². The molecule has 5 rings (SSSR count). The third-order valence-electron chi connectivity index (χ3n) is 5.95. The van der Waals surface area contributed by atoms with Crippen LogP contribution in [0.2, 0.25) is 0 Å². The fourth-order valence-corrected chi connectivity index (χ4v) is 5.48. The number of nitrogens with zero attached hydrogens (tertiary/aromatic N) is 3. The minimum atomic E-state index is -0.416. The zero-order valence-corrected chi connectivity index (χ0v) is 17.4. The molecule has 1 saturated carbocycles. The van der Waals surface area contributed by atoms with Crippen LogP contribution < -0.4 is 11.3 Å². The summed E-state index contributed by atoms with van der Waals surface area (Å²) in [6.07, 6.45) is 7.18. The Kier molecular flexibility index (Phi) is 5.05. The van der Waals surface area contributed by atoms with Crippen molar-refractivity contribution in [2.45, 2.75) is 63.8 Å². The number of fused-ring (bicyclic) bond motifs is 3. The van der Waals surface area contributed by atoms with E-state index in [0.29, 0.717) is 36.3 Å². The fraction of sp³-hybridized carbons (Fsp3) is 0.579. The van der Waals surface area contributed by atoms with Crippen molar-refractivity contribution < 1.29 is 4.52 Å². The van der Waals surface area contributed by atoms with Gasteiger partial charge in [-0.2, -0.15) is 4.98 Å². The molecule has 3 aromatic heterocycles. The number of aromatic nitrogens is 4. The van der Waals surface area contributed by atoms with Gasteiger partial charge in [0.15, 0.2) is 5.82 Å². The second-order valence-electron chi connectivity index (χ2n) is 8.07. The van der Waals surface area contributed by atoms with Gasteiger partial charge in [0.2, 0.25) is 5.89 Å². The molecule has 0 amide bonds. The highest BCUT2D eigenvalue weighted by Crippen LogP contribution is 2.37. The van der Waals surface area contributed by atoms with E-state index in [4.69, 9.17) is 15.2 Å². The molecular weight excluding hydrogens is 398 g/mol. The first-order valence-electron chi connectivity index (χ1n) is 9.67. The molecule has 0 saturated heterocycles. The van der Waals surface area contributed by atoms with Gasteiger partial charge >= 0.3 is 0 Å². The lowest BCUT2D eigenvalue weighted by atomic mass is 9.77. The molecule has 1 fully saturated rings. The van der Waals surface area contributed by atoms with Crippen molar-refractivity contribution >= 4 is 34.0 Å². The van der Waals surface area contributed by atoms with E-state index in [1.807, 2.05) is 0 Å². The zero-order valence-electron chi connectivity index (χ0n) is 15.8. The van der Waals surface area contributed by atoms with Gasteiger partial charge in [0.05, 0.1) is 10.9 Å². The molecule has 2 aliphatic rings. The lowest BCUT2D eigenvalue weighted by Gasteiger charge is -2.34. The third-order valence-corrected chi connectivity index (χ3v) is 7.10. The summed E-state index contributed by atoms with van der Waals surface area (Å²) in [5, 5.41) is 4.83. The minimum absolute atomic E-state index is 0. The first-order valence-corrected chi connectivity index (χ1v) is 10.5. The Bertz CT molecular complexity index is 1070. The molecular formula is C19H24ClN5O2S. The summed E-state index contributed by atoms with van der Waals surface area (Å²) in [6, 6.07) is 0. The quantitative estimate of drug-likeness (QED) is 0.669. The maximum atomic E-state index is 12.7. The van der Waals surface area contributed by atoms with Crippen LogP contribution in [0.3, 0.4) is 0 Å². The number of nitrogens with two attached hydrogens (primary N) is 1. The van der Waals surface area contributed by atoms with Crippen LogP contribution in [-0.2, 0) is 31.2 Å². The van der Waals surface area contributed by atoms with E-state index in [-0.39, 0.29) is 18.0 Å². The maximum absolute atomic E-state index is 12.7. The van der Waals surface area contributed by atoms with Crippen molar-refractivity contribution in [2.24, 2.45) is 11.7 Å². The van der Waals surface area contributed by atoms with Crippen molar-refractivity contribution in [3.8, 4) is 0 Å². The molecule has 28 heavy (non-hydrogen) atoms. The van der Waals surface area contributed by atoms with Gasteiger partial charge in [-0.15, -0.1) is 23.7 Å². The summed E-state index contributed by atoms with van der Waals surface area (Å²) >= 11 is 1.67. The summed E-state index contributed by atoms with van der Waals surface area (Å²) in [4.78, 5) is 26.9. The number of nitrogens with one attached hydrogen (secondary N) is 1. The van der Waals surface area contributed by atoms with Crippen molar-refractivity contribution in [3.63, 3.8) is 0 Å². The van der Waals surface area contributed by atoms with Crippen LogP contribution in [0.1, 0.15) is 60.6 Å². The van der Waals surface area contributed by atoms with Crippen LogP contribution in [0.15, 0.2) is 9.32 Å². The average Bonchev–Trinajstić information content (AvgIpc) is 3.22. The first-order chi connectivity index (χ1) is 13.0. The standard InChI is InChI=1S/C19H23N5O2S.ClH/c1-10-3-4-11-12(9-10)27-17-15(11)16(25)21-13(22-17)5-6-14-23-18(24-26-14)19(20)7-2-8-19;/h10H,2-9,20H2,1H3,(H,21,22,25);1H. The Balaban J connectivity index is 0.00000192. The zero-order chi connectivity index (χ0) is 18.6. The molecule has 0 aliphatic heterocycles. The molecule has 0 spiro atoms. The lowest BCUT2D eigenvalue weighted by Crippen LogP contribution is -2.44. The molecule has 3 N–H and O–H groups in total. The summed E-state index contributed by atoms with van der Waals surface area (Å²) in [6.45, 7) is 2.27. The molecule has 0 radical (unpaired) electrons. The van der Waals surface area contributed by atoms with Gasteiger partial charge in [0, 0.05) is 17.7 Å². The SMILES string of the molecule is CC1CCc2c(sc3nc(CCc4nc(C5(N)CCC5)no4)[nH]c(=O)c23)C1.Cl. The number of aryl methyl sites for hydroxylation is 3. The number of halogens is 1. The topological polar surface area (TPSA) is 111 Å². The summed E-state index contributed by atoms with van der Waals surface area (Å²) < 4.78 is 5.35. The van der Waals surface area contributed by atoms with Gasteiger partial charge in [-0.3, -0.25) is 4.79 Å². The Morgan fingerprint density at radius 3 is 2.89 bits per heavy atom. The van der Waals surface area contributed by atoms with Gasteiger partial charge in [-0.05, 0) is 50.0 Å². The Morgan fingerprint density at radius 2 is 2.14 bits per heavy atom. The predicted octanol–water partition coefficient (Wildman–Crippen LogP) is 3.04. The molecule has 1 atom stereocenters. The molecule has 0 bridgehead atoms. The summed E-state index contributed by atoms with van der Waals surface area (Å²) in [5.41, 5.74) is 7.01. The second kappa shape index (κ2) is 7.24. The largest absolute Gasteiger partial charge is 0.339 e. The van der Waals surface area contributed by atoms with Crippen LogP contribution in [0.25, 0.3) is 10.2 Å². The molecule has 3 heterocycles. The number of hydrogen-bond acceptors (Lipinski definition) is 7. The Morgan fingerprint density at radius 1 is 1.32 bits per heavy atom. The van der Waals surface area contributed by atoms with Crippen molar-refractivity contribution in [2.75, 3.05) is 0 Å². The van der Waals surface area contributed by atoms with Crippen molar-refractivity contribution in [3.05, 3.63) is 38.3 Å². The van der Waals surface area contributed by atoms with Crippen LogP contribution in [0, 0.1) is 5.92 Å². The average molecular weight is 422 g/mol. The van der Waals surface area contributed by atoms with Gasteiger partial charge in [0.25, 0.3) is 5.56 Å². The van der Waals surface area contributed by atoms with E-state index >= 15 is 0 Å². The minimum Gasteiger partial charge on any atom is -0.339 e. The van der Waals surface area contributed by atoms with Crippen LogP contribution in [0.5, 0.6) is 0 Å². The monoisotopic (exact) mass is 421 g/mol. The number of H-pyrrole nitrogens is 1. The van der Waals surface area contributed by atoms with E-state index in [2.05, 4.69) is 22.0 Å². The third kappa shape index (κ3) is 3.27. The lowest BCUT2D eigenvalue weighted by molar-refractivity contribution is 0.229. The Hall–Kier alpha value is -1.77. The van der Waals surface area contributed by atoms with E-state index < -0.39 is 5.54 Å². The first kappa shape index (κ1) is 19.5. The smallest absolute Gasteiger partial charge is 0.259 e. The highest BCUT2D eigenvalue weighted by Gasteiger charge is 2.38. The normalized spacial score (nSPS) is 20.4. The Labute approximate surface area is 172 Å². The van der Waals surface area contributed by atoms with E-state index in [1.54, 1.807) is 11.3 Å². The molecule has 3 aromatic rings. The van der Waals surface area contributed by atoms with Crippen molar-refractivity contribution in [1.82, 2.24) is 20.1 Å². The van der Waals surface area contributed by atoms with Gasteiger partial charge in [-0.1, -0.05) is 12.1 Å². The molecule has 1 unspecified atom stereocenters. The molecule has 9 heteroatoms. The van der Waals surface area contributed by atoms with Crippen molar-refractivity contribution in [1.29, 1.82) is 0 Å². The fourth-order valence-electron chi connectivity index (χ4n) is 4.08. The summed E-state index contributed by atoms with van der Waals surface area (Å²) in [7, 11) is 0. The summed E-state index contributed by atoms with van der Waals surface area (Å²) in [5.74, 6) is 2.49. The second-order valence-corrected chi connectivity index (χ2v) is 9.15. The highest BCUT2D eigenvalue weighted by molar-refractivity contribution is 7.18. The molecule has 2 aliphatic carbocycles. The maximum Gasteiger partial charge on any atom is 0.259 e. The van der Waals surface area contributed by atoms with Crippen LogP contribution in [0.4, 0.5) is 0 Å². The molecule has 7 nitrogen and oxygen atoms in total. The van der Waals surface area contributed by atoms with E-state index in [1.165, 1.54) is 10.4 Å². The number of rotatable bonds is 4. The van der Waals surface area contributed by atoms with E-state index in [9.17, 15) is 4.79 Å². The molecule has 0 aromatic carbocycles. The highest BCUT2D eigenvalue weighted by atomic mass is 35.5. The van der Waals surface area contributed by atoms with E-state index in [0.717, 1.165) is 48.7 Å².